The van der Waals surface area contributed by atoms with E-state index in [9.17, 15) is 23.8 Å². The SMILES string of the molecule is CCCCCCCCCCCCCCCCCCCCC(=O)O[C@@H](COC(=O)CCCCCCCCCCC)COP(=O)(O)OC[C@H](N)C(=O)O. The Morgan fingerprint density at radius 3 is 1.24 bits per heavy atom. The molecule has 0 spiro atoms. The van der Waals surface area contributed by atoms with E-state index in [1.165, 1.54) is 122 Å². The first-order chi connectivity index (χ1) is 24.6. The van der Waals surface area contributed by atoms with E-state index < -0.39 is 51.1 Å². The number of esters is 2. The van der Waals surface area contributed by atoms with Crippen LogP contribution in [0.5, 0.6) is 0 Å². The molecule has 0 aromatic heterocycles. The summed E-state index contributed by atoms with van der Waals surface area (Å²) in [6.45, 7) is 2.79. The molecule has 3 atom stereocenters. The Morgan fingerprint density at radius 2 is 0.863 bits per heavy atom. The molecule has 12 heteroatoms. The summed E-state index contributed by atoms with van der Waals surface area (Å²) in [6.07, 6.45) is 31.8. The van der Waals surface area contributed by atoms with Gasteiger partial charge < -0.3 is 25.2 Å². The number of carbonyl (C=O) groups is 3. The zero-order valence-electron chi connectivity index (χ0n) is 32.5. The van der Waals surface area contributed by atoms with Crippen molar-refractivity contribution in [2.75, 3.05) is 19.8 Å². The van der Waals surface area contributed by atoms with E-state index in [-0.39, 0.29) is 19.4 Å². The number of hydrogen-bond acceptors (Lipinski definition) is 9. The second kappa shape index (κ2) is 35.5. The van der Waals surface area contributed by atoms with Crippen LogP contribution in [0.2, 0.25) is 0 Å². The van der Waals surface area contributed by atoms with Crippen LogP contribution in [0.4, 0.5) is 0 Å². The third kappa shape index (κ3) is 35.3. The summed E-state index contributed by atoms with van der Waals surface area (Å²) in [5, 5.41) is 8.86. The maximum atomic E-state index is 12.6. The Kier molecular flexibility index (Phi) is 34.4. The van der Waals surface area contributed by atoms with Gasteiger partial charge in [0.1, 0.15) is 12.6 Å². The molecule has 0 rings (SSSR count). The predicted molar refractivity (Wildman–Crippen MR) is 203 cm³/mol. The molecule has 11 nitrogen and oxygen atoms in total. The number of aliphatic carboxylic acids is 1. The van der Waals surface area contributed by atoms with Gasteiger partial charge in [0.25, 0.3) is 0 Å². The average Bonchev–Trinajstić information content (AvgIpc) is 3.10. The van der Waals surface area contributed by atoms with Gasteiger partial charge in [-0.3, -0.25) is 23.4 Å². The number of hydrogen-bond donors (Lipinski definition) is 3. The molecule has 0 heterocycles. The van der Waals surface area contributed by atoms with Crippen molar-refractivity contribution in [1.82, 2.24) is 0 Å². The molecule has 0 saturated heterocycles. The van der Waals surface area contributed by atoms with E-state index in [0.29, 0.717) is 12.8 Å². The van der Waals surface area contributed by atoms with Crippen molar-refractivity contribution in [2.45, 2.75) is 212 Å². The molecular weight excluding hydrogens is 673 g/mol. The number of phosphoric ester groups is 1. The molecular formula is C39H76NO10P. The van der Waals surface area contributed by atoms with E-state index >= 15 is 0 Å². The average molecular weight is 750 g/mol. The third-order valence-corrected chi connectivity index (χ3v) is 10.1. The smallest absolute Gasteiger partial charge is 0.472 e. The minimum atomic E-state index is -4.70. The molecule has 0 aliphatic carbocycles. The summed E-state index contributed by atoms with van der Waals surface area (Å²) in [5.74, 6) is -2.37. The number of carbonyl (C=O) groups excluding carboxylic acids is 2. The van der Waals surface area contributed by atoms with Crippen LogP contribution in [0.15, 0.2) is 0 Å². The molecule has 0 aliphatic heterocycles. The quantitative estimate of drug-likeness (QED) is 0.0310. The fraction of sp³-hybridized carbons (Fsp3) is 0.923. The zero-order chi connectivity index (χ0) is 37.8. The molecule has 0 bridgehead atoms. The Bertz CT molecular complexity index is 890. The van der Waals surface area contributed by atoms with Gasteiger partial charge in [-0.15, -0.1) is 0 Å². The highest BCUT2D eigenvalue weighted by molar-refractivity contribution is 7.47. The van der Waals surface area contributed by atoms with Gasteiger partial charge in [-0.25, -0.2) is 4.57 Å². The fourth-order valence-electron chi connectivity index (χ4n) is 5.83. The number of rotatable bonds is 39. The van der Waals surface area contributed by atoms with E-state index in [0.717, 1.165) is 38.5 Å². The third-order valence-electron chi connectivity index (χ3n) is 9.11. The molecule has 0 amide bonds. The molecule has 0 saturated carbocycles. The Morgan fingerprint density at radius 1 is 0.529 bits per heavy atom. The molecule has 0 radical (unpaired) electrons. The van der Waals surface area contributed by atoms with E-state index in [1.54, 1.807) is 0 Å². The monoisotopic (exact) mass is 750 g/mol. The molecule has 0 aromatic carbocycles. The summed E-state index contributed by atoms with van der Waals surface area (Å²) in [7, 11) is -4.70. The molecule has 0 aliphatic rings. The predicted octanol–water partition coefficient (Wildman–Crippen LogP) is 10.3. The van der Waals surface area contributed by atoms with Gasteiger partial charge in [0, 0.05) is 12.8 Å². The highest BCUT2D eigenvalue weighted by Crippen LogP contribution is 2.43. The number of ether oxygens (including phenoxy) is 2. The van der Waals surface area contributed by atoms with Gasteiger partial charge in [0.15, 0.2) is 6.10 Å². The Labute approximate surface area is 310 Å². The van der Waals surface area contributed by atoms with Crippen LogP contribution in [0.1, 0.15) is 200 Å². The van der Waals surface area contributed by atoms with Crippen molar-refractivity contribution in [3.05, 3.63) is 0 Å². The topological polar surface area (TPSA) is 172 Å². The van der Waals surface area contributed by atoms with Gasteiger partial charge in [-0.05, 0) is 12.8 Å². The van der Waals surface area contributed by atoms with Crippen LogP contribution in [0, 0.1) is 0 Å². The van der Waals surface area contributed by atoms with Gasteiger partial charge in [0.05, 0.1) is 13.2 Å². The van der Waals surface area contributed by atoms with Gasteiger partial charge in [-0.1, -0.05) is 174 Å². The highest BCUT2D eigenvalue weighted by Gasteiger charge is 2.28. The number of nitrogens with two attached hydrogens (primary N) is 1. The fourth-order valence-corrected chi connectivity index (χ4v) is 6.61. The normalized spacial score (nSPS) is 13.8. The summed E-state index contributed by atoms with van der Waals surface area (Å²) < 4.78 is 32.6. The van der Waals surface area contributed by atoms with Crippen molar-refractivity contribution >= 4 is 25.7 Å². The van der Waals surface area contributed by atoms with Gasteiger partial charge in [-0.2, -0.15) is 0 Å². The van der Waals surface area contributed by atoms with Crippen LogP contribution < -0.4 is 5.73 Å². The van der Waals surface area contributed by atoms with Crippen LogP contribution in [-0.4, -0.2) is 59.9 Å². The number of phosphoric acid groups is 1. The maximum absolute atomic E-state index is 12.6. The lowest BCUT2D eigenvalue weighted by Crippen LogP contribution is -2.34. The van der Waals surface area contributed by atoms with Crippen molar-refractivity contribution in [3.63, 3.8) is 0 Å². The highest BCUT2D eigenvalue weighted by atomic mass is 31.2. The minimum Gasteiger partial charge on any atom is -0.480 e. The van der Waals surface area contributed by atoms with Crippen molar-refractivity contribution in [1.29, 1.82) is 0 Å². The lowest BCUT2D eigenvalue weighted by Gasteiger charge is -2.20. The first-order valence-electron chi connectivity index (χ1n) is 20.6. The summed E-state index contributed by atoms with van der Waals surface area (Å²) in [5.41, 5.74) is 5.32. The number of carboxylic acids is 1. The number of carboxylic acid groups (broad SMARTS) is 1. The Balaban J connectivity index is 4.29. The van der Waals surface area contributed by atoms with E-state index in [4.69, 9.17) is 24.8 Å². The molecule has 4 N–H and O–H groups in total. The van der Waals surface area contributed by atoms with Crippen LogP contribution >= 0.6 is 7.82 Å². The molecule has 1 unspecified atom stereocenters. The first-order valence-corrected chi connectivity index (χ1v) is 22.1. The second-order valence-electron chi connectivity index (χ2n) is 14.1. The molecule has 0 aromatic rings. The van der Waals surface area contributed by atoms with Crippen molar-refractivity contribution in [2.24, 2.45) is 5.73 Å². The van der Waals surface area contributed by atoms with Crippen LogP contribution in [0.3, 0.4) is 0 Å². The lowest BCUT2D eigenvalue weighted by atomic mass is 10.0. The van der Waals surface area contributed by atoms with E-state index in [2.05, 4.69) is 18.4 Å². The second-order valence-corrected chi connectivity index (χ2v) is 15.6. The molecule has 0 fully saturated rings. The zero-order valence-corrected chi connectivity index (χ0v) is 33.4. The van der Waals surface area contributed by atoms with Gasteiger partial charge >= 0.3 is 25.7 Å². The first kappa shape index (κ1) is 49.5. The summed E-state index contributed by atoms with van der Waals surface area (Å²) >= 11 is 0. The van der Waals surface area contributed by atoms with E-state index in [1.807, 2.05) is 0 Å². The standard InChI is InChI=1S/C39H76NO10P/c1-3-5-7-9-11-13-14-15-16-17-18-19-20-21-23-25-27-29-31-38(42)50-35(33-48-51(45,46)49-34-36(40)39(43)44)32-47-37(41)30-28-26-24-22-12-10-8-6-4-2/h35-36H,3-34,40H2,1-2H3,(H,43,44)(H,45,46)/t35-,36-/m0/s1. The van der Waals surface area contributed by atoms with Crippen molar-refractivity contribution in [3.8, 4) is 0 Å². The maximum Gasteiger partial charge on any atom is 0.472 e. The number of unbranched alkanes of at least 4 members (excludes halogenated alkanes) is 25. The lowest BCUT2D eigenvalue weighted by molar-refractivity contribution is -0.161. The molecule has 302 valence electrons. The van der Waals surface area contributed by atoms with Crippen molar-refractivity contribution < 1.29 is 47.5 Å². The summed E-state index contributed by atoms with van der Waals surface area (Å²) in [6, 6.07) is -1.51. The van der Waals surface area contributed by atoms with Crippen LogP contribution in [0.25, 0.3) is 0 Å². The largest absolute Gasteiger partial charge is 0.480 e. The van der Waals surface area contributed by atoms with Gasteiger partial charge in [0.2, 0.25) is 0 Å². The Hall–Kier alpha value is -1.52. The minimum absolute atomic E-state index is 0.169. The summed E-state index contributed by atoms with van der Waals surface area (Å²) in [4.78, 5) is 45.7. The van der Waals surface area contributed by atoms with Crippen LogP contribution in [-0.2, 0) is 37.5 Å². The molecule has 51 heavy (non-hydrogen) atoms.